The molecule has 3 rings (SSSR count). The van der Waals surface area contributed by atoms with Crippen LogP contribution in [-0.2, 0) is 11.2 Å². The Kier molecular flexibility index (Phi) is 6.55. The number of ether oxygens (including phenoxy) is 1. The minimum Gasteiger partial charge on any atom is -0.378 e. The van der Waals surface area contributed by atoms with Gasteiger partial charge in [0.15, 0.2) is 5.82 Å². The summed E-state index contributed by atoms with van der Waals surface area (Å²) in [4.78, 5) is 10.8. The summed E-state index contributed by atoms with van der Waals surface area (Å²) in [5, 5.41) is 4.48. The molecule has 1 saturated heterocycles. The number of morpholine rings is 1. The second kappa shape index (κ2) is 9.29. The van der Waals surface area contributed by atoms with Gasteiger partial charge in [0.1, 0.15) is 12.1 Å². The van der Waals surface area contributed by atoms with Crippen LogP contribution in [0.3, 0.4) is 0 Å². The summed E-state index contributed by atoms with van der Waals surface area (Å²) in [6.45, 7) is 7.38. The van der Waals surface area contributed by atoms with Crippen molar-refractivity contribution >= 4 is 17.3 Å². The highest BCUT2D eigenvalue weighted by molar-refractivity contribution is 5.99. The second-order valence-electron chi connectivity index (χ2n) is 6.47. The lowest BCUT2D eigenvalue weighted by molar-refractivity contribution is 0.122. The van der Waals surface area contributed by atoms with E-state index < -0.39 is 0 Å². The van der Waals surface area contributed by atoms with Crippen LogP contribution in [0.15, 0.2) is 41.8 Å². The zero-order valence-corrected chi connectivity index (χ0v) is 15.6. The lowest BCUT2D eigenvalue weighted by atomic mass is 10.0. The van der Waals surface area contributed by atoms with Gasteiger partial charge in [-0.05, 0) is 30.9 Å². The molecule has 138 valence electrons. The van der Waals surface area contributed by atoms with Crippen molar-refractivity contribution < 1.29 is 4.74 Å². The van der Waals surface area contributed by atoms with E-state index in [4.69, 9.17) is 4.74 Å². The maximum atomic E-state index is 5.39. The number of nitrogens with zero attached hydrogens (tertiary/aromatic N) is 4. The van der Waals surface area contributed by atoms with E-state index >= 15 is 0 Å². The number of nitrogens with one attached hydrogen (secondary N) is 1. The first kappa shape index (κ1) is 18.3. The summed E-state index contributed by atoms with van der Waals surface area (Å²) in [6, 6.07) is 10.6. The number of unbranched alkanes of at least 4 members (excludes halogenated alkanes) is 1. The minimum atomic E-state index is 0.695. The molecule has 6 nitrogen and oxygen atoms in total. The maximum Gasteiger partial charge on any atom is 0.151 e. The average molecular weight is 353 g/mol. The van der Waals surface area contributed by atoms with Crippen molar-refractivity contribution in [1.29, 1.82) is 0 Å². The zero-order valence-electron chi connectivity index (χ0n) is 15.6. The Balaban J connectivity index is 1.63. The Morgan fingerprint density at radius 3 is 2.69 bits per heavy atom. The fourth-order valence-electron chi connectivity index (χ4n) is 2.87. The van der Waals surface area contributed by atoms with Crippen LogP contribution in [0, 0.1) is 0 Å². The molecule has 1 N–H and O–H groups in total. The molecule has 6 heteroatoms. The number of hydrogen-bond donors (Lipinski definition) is 1. The van der Waals surface area contributed by atoms with Crippen molar-refractivity contribution in [3.63, 3.8) is 0 Å². The van der Waals surface area contributed by atoms with Crippen molar-refractivity contribution in [3.05, 3.63) is 47.8 Å². The van der Waals surface area contributed by atoms with Gasteiger partial charge in [-0.1, -0.05) is 37.6 Å². The predicted molar refractivity (Wildman–Crippen MR) is 106 cm³/mol. The van der Waals surface area contributed by atoms with Gasteiger partial charge in [-0.3, -0.25) is 5.43 Å². The van der Waals surface area contributed by atoms with E-state index in [0.29, 0.717) is 5.82 Å². The molecule has 0 aliphatic carbocycles. The van der Waals surface area contributed by atoms with Crippen molar-refractivity contribution in [2.75, 3.05) is 36.6 Å². The zero-order chi connectivity index (χ0) is 18.2. The van der Waals surface area contributed by atoms with Crippen LogP contribution < -0.4 is 10.3 Å². The largest absolute Gasteiger partial charge is 0.378 e. The first-order valence-corrected chi connectivity index (χ1v) is 9.30. The van der Waals surface area contributed by atoms with Gasteiger partial charge in [0.2, 0.25) is 0 Å². The Morgan fingerprint density at radius 2 is 1.96 bits per heavy atom. The van der Waals surface area contributed by atoms with Gasteiger partial charge in [0.25, 0.3) is 0 Å². The summed E-state index contributed by atoms with van der Waals surface area (Å²) in [5.41, 5.74) is 6.47. The lowest BCUT2D eigenvalue weighted by Gasteiger charge is -2.27. The van der Waals surface area contributed by atoms with Crippen molar-refractivity contribution in [3.8, 4) is 0 Å². The highest BCUT2D eigenvalue weighted by Gasteiger charge is 2.12. The van der Waals surface area contributed by atoms with Crippen LogP contribution >= 0.6 is 0 Å². The maximum absolute atomic E-state index is 5.39. The Morgan fingerprint density at radius 1 is 1.19 bits per heavy atom. The van der Waals surface area contributed by atoms with Crippen LogP contribution in [0.4, 0.5) is 11.6 Å². The van der Waals surface area contributed by atoms with E-state index in [1.165, 1.54) is 18.4 Å². The first-order valence-electron chi connectivity index (χ1n) is 9.30. The highest BCUT2D eigenvalue weighted by Crippen LogP contribution is 2.16. The highest BCUT2D eigenvalue weighted by atomic mass is 16.5. The van der Waals surface area contributed by atoms with Gasteiger partial charge >= 0.3 is 0 Å². The van der Waals surface area contributed by atoms with Crippen LogP contribution in [0.25, 0.3) is 0 Å². The fraction of sp³-hybridized carbons (Fsp3) is 0.450. The summed E-state index contributed by atoms with van der Waals surface area (Å²) < 4.78 is 5.39. The van der Waals surface area contributed by atoms with Gasteiger partial charge in [-0.25, -0.2) is 9.97 Å². The molecular formula is C20H27N5O. The van der Waals surface area contributed by atoms with Gasteiger partial charge in [-0.2, -0.15) is 5.10 Å². The van der Waals surface area contributed by atoms with Crippen LogP contribution in [-0.4, -0.2) is 42.0 Å². The normalized spacial score (nSPS) is 15.2. The lowest BCUT2D eigenvalue weighted by Crippen LogP contribution is -2.36. The molecule has 1 fully saturated rings. The summed E-state index contributed by atoms with van der Waals surface area (Å²) >= 11 is 0. The minimum absolute atomic E-state index is 0.695. The SMILES string of the molecule is CCCCc1ccc(C(C)=NNc2cc(N3CCOCC3)ncn2)cc1. The van der Waals surface area contributed by atoms with Crippen LogP contribution in [0.5, 0.6) is 0 Å². The molecule has 0 radical (unpaired) electrons. The van der Waals surface area contributed by atoms with Crippen molar-refractivity contribution in [2.24, 2.45) is 5.10 Å². The van der Waals surface area contributed by atoms with Crippen molar-refractivity contribution in [2.45, 2.75) is 33.1 Å². The Bertz CT molecular complexity index is 723. The molecule has 26 heavy (non-hydrogen) atoms. The molecule has 0 unspecified atom stereocenters. The predicted octanol–water partition coefficient (Wildman–Crippen LogP) is 3.49. The molecule has 0 atom stereocenters. The third-order valence-corrected chi connectivity index (χ3v) is 4.52. The van der Waals surface area contributed by atoms with E-state index in [9.17, 15) is 0 Å². The quantitative estimate of drug-likeness (QED) is 0.610. The molecule has 0 spiro atoms. The van der Waals surface area contributed by atoms with E-state index in [2.05, 4.69) is 56.6 Å². The molecule has 0 bridgehead atoms. The standard InChI is InChI=1S/C20H27N5O/c1-3-4-5-17-6-8-18(9-7-17)16(2)23-24-19-14-20(22-15-21-19)25-10-12-26-13-11-25/h6-9,14-15H,3-5,10-13H2,1-2H3,(H,21,22,24). The number of anilines is 2. The third-order valence-electron chi connectivity index (χ3n) is 4.52. The number of hydrogen-bond acceptors (Lipinski definition) is 6. The molecule has 0 saturated carbocycles. The van der Waals surface area contributed by atoms with Crippen molar-refractivity contribution in [1.82, 2.24) is 9.97 Å². The summed E-state index contributed by atoms with van der Waals surface area (Å²) in [7, 11) is 0. The average Bonchev–Trinajstić information content (AvgIpc) is 2.72. The number of rotatable bonds is 7. The summed E-state index contributed by atoms with van der Waals surface area (Å²) in [5.74, 6) is 1.60. The van der Waals surface area contributed by atoms with E-state index in [0.717, 1.165) is 49.8 Å². The molecule has 0 amide bonds. The molecule has 1 aromatic heterocycles. The van der Waals surface area contributed by atoms with E-state index in [1.54, 1.807) is 6.33 Å². The van der Waals surface area contributed by atoms with E-state index in [1.807, 2.05) is 13.0 Å². The molecule has 1 aliphatic heterocycles. The number of hydrazone groups is 1. The van der Waals surface area contributed by atoms with Gasteiger partial charge in [-0.15, -0.1) is 0 Å². The van der Waals surface area contributed by atoms with E-state index in [-0.39, 0.29) is 0 Å². The molecule has 2 heterocycles. The second-order valence-corrected chi connectivity index (χ2v) is 6.47. The first-order chi connectivity index (χ1) is 12.8. The van der Waals surface area contributed by atoms with Crippen LogP contribution in [0.2, 0.25) is 0 Å². The summed E-state index contributed by atoms with van der Waals surface area (Å²) in [6.07, 6.45) is 5.15. The molecular weight excluding hydrogens is 326 g/mol. The number of benzene rings is 1. The molecule has 1 aliphatic rings. The Hall–Kier alpha value is -2.47. The van der Waals surface area contributed by atoms with Gasteiger partial charge in [0, 0.05) is 19.2 Å². The Labute approximate surface area is 155 Å². The van der Waals surface area contributed by atoms with Gasteiger partial charge < -0.3 is 9.64 Å². The van der Waals surface area contributed by atoms with Gasteiger partial charge in [0.05, 0.1) is 18.9 Å². The fourth-order valence-corrected chi connectivity index (χ4v) is 2.87. The number of aryl methyl sites for hydroxylation is 1. The number of aromatic nitrogens is 2. The molecule has 1 aromatic carbocycles. The topological polar surface area (TPSA) is 62.6 Å². The molecule has 2 aromatic rings. The third kappa shape index (κ3) is 5.02. The smallest absolute Gasteiger partial charge is 0.151 e. The van der Waals surface area contributed by atoms with Crippen LogP contribution in [0.1, 0.15) is 37.8 Å². The monoisotopic (exact) mass is 353 g/mol.